The van der Waals surface area contributed by atoms with Gasteiger partial charge in [-0.05, 0) is 63.1 Å². The molecule has 0 unspecified atom stereocenters. The number of phenolic OH excluding ortho intramolecular Hbond substituents is 5. The van der Waals surface area contributed by atoms with Gasteiger partial charge in [-0.2, -0.15) is 0 Å². The van der Waals surface area contributed by atoms with Crippen molar-refractivity contribution in [1.29, 1.82) is 0 Å². The van der Waals surface area contributed by atoms with Gasteiger partial charge in [0.15, 0.2) is 11.5 Å². The summed E-state index contributed by atoms with van der Waals surface area (Å²) in [6, 6.07) is 25.5. The average Bonchev–Trinajstić information content (AvgIpc) is 3.07. The third kappa shape index (κ3) is 5.40. The van der Waals surface area contributed by atoms with E-state index in [1.165, 1.54) is 16.7 Å². The normalized spacial score (nSPS) is 14.0. The molecule has 1 aliphatic carbocycles. The van der Waals surface area contributed by atoms with Crippen LogP contribution in [0.5, 0.6) is 28.7 Å². The highest BCUT2D eigenvalue weighted by Gasteiger charge is 2.27. The molecular weight excluding hydrogens is 548 g/mol. The van der Waals surface area contributed by atoms with E-state index in [0.29, 0.717) is 16.3 Å². The van der Waals surface area contributed by atoms with Crippen LogP contribution in [-0.2, 0) is 0 Å². The second-order valence-electron chi connectivity index (χ2n) is 10.5. The fourth-order valence-electron chi connectivity index (χ4n) is 5.87. The topological polar surface area (TPSA) is 101 Å². The SMILES string of the molecule is C=C(/C=C\C=C1/CC=C(c2ccccc2)CC1)c1c2ccccc2c(-c2c(O)c(O)c(O)c(O)c2O)c2ccccc12.CC. The maximum Gasteiger partial charge on any atom is 0.208 e. The summed E-state index contributed by atoms with van der Waals surface area (Å²) < 4.78 is 0. The van der Waals surface area contributed by atoms with Crippen molar-refractivity contribution in [2.75, 3.05) is 0 Å². The van der Waals surface area contributed by atoms with Crippen LogP contribution in [-0.4, -0.2) is 25.5 Å². The molecule has 44 heavy (non-hydrogen) atoms. The summed E-state index contributed by atoms with van der Waals surface area (Å²) in [6.45, 7) is 8.40. The van der Waals surface area contributed by atoms with Gasteiger partial charge in [-0.1, -0.05) is 129 Å². The van der Waals surface area contributed by atoms with Gasteiger partial charge in [0.1, 0.15) is 0 Å². The predicted octanol–water partition coefficient (Wildman–Crippen LogP) is 9.98. The first-order valence-corrected chi connectivity index (χ1v) is 14.8. The molecule has 0 heterocycles. The minimum Gasteiger partial charge on any atom is -0.504 e. The lowest BCUT2D eigenvalue weighted by Gasteiger charge is -2.20. The molecule has 0 radical (unpaired) electrons. The first kappa shape index (κ1) is 30.1. The molecule has 0 saturated heterocycles. The first-order chi connectivity index (χ1) is 21.4. The maximum absolute atomic E-state index is 10.8. The zero-order chi connectivity index (χ0) is 31.4. The van der Waals surface area contributed by atoms with Crippen LogP contribution in [0.25, 0.3) is 43.8 Å². The van der Waals surface area contributed by atoms with Crippen molar-refractivity contribution < 1.29 is 25.5 Å². The lowest BCUT2D eigenvalue weighted by Crippen LogP contribution is -1.95. The zero-order valence-corrected chi connectivity index (χ0v) is 24.9. The predicted molar refractivity (Wildman–Crippen MR) is 181 cm³/mol. The summed E-state index contributed by atoms with van der Waals surface area (Å²) in [5, 5.41) is 55.2. The molecule has 0 bridgehead atoms. The molecular formula is C39H36O5. The Morgan fingerprint density at radius 1 is 0.614 bits per heavy atom. The quantitative estimate of drug-likeness (QED) is 0.0612. The summed E-state index contributed by atoms with van der Waals surface area (Å²) in [6.07, 6.45) is 11.4. The fourth-order valence-corrected chi connectivity index (χ4v) is 5.87. The fraction of sp³-hybridized carbons (Fsp3) is 0.128. The largest absolute Gasteiger partial charge is 0.504 e. The Kier molecular flexibility index (Phi) is 8.77. The molecule has 0 amide bonds. The molecule has 0 fully saturated rings. The van der Waals surface area contributed by atoms with Gasteiger partial charge in [0.05, 0.1) is 5.56 Å². The number of fused-ring (bicyclic) bond motifs is 2. The lowest BCUT2D eigenvalue weighted by molar-refractivity contribution is 0.330. The van der Waals surface area contributed by atoms with E-state index in [0.717, 1.165) is 41.2 Å². The Balaban J connectivity index is 0.00000188. The number of rotatable bonds is 5. The number of benzene rings is 5. The summed E-state index contributed by atoms with van der Waals surface area (Å²) in [5.41, 5.74) is 5.92. The van der Waals surface area contributed by atoms with Crippen molar-refractivity contribution in [2.45, 2.75) is 33.1 Å². The van der Waals surface area contributed by atoms with Crippen molar-refractivity contribution in [3.8, 4) is 39.9 Å². The molecule has 5 heteroatoms. The molecule has 0 saturated carbocycles. The standard InChI is InChI=1S/C37H30O5.C2H6/c1-22(10-9-11-23-18-20-25(21-19-23)24-12-3-2-4-13-24)30-26-14-5-7-16-28(26)31(29-17-8-6-15-27(29)30)32-33(38)35(40)37(42)36(41)34(32)39;1-2/h2-17,20,38-42H,1,18-19,21H2;1-2H3/b10-9-,23-11+;. The van der Waals surface area contributed by atoms with Gasteiger partial charge in [0, 0.05) is 5.56 Å². The van der Waals surface area contributed by atoms with Gasteiger partial charge in [-0.25, -0.2) is 0 Å². The molecule has 5 aromatic carbocycles. The van der Waals surface area contributed by atoms with Crippen molar-refractivity contribution in [1.82, 2.24) is 0 Å². The van der Waals surface area contributed by atoms with Gasteiger partial charge < -0.3 is 25.5 Å². The summed E-state index contributed by atoms with van der Waals surface area (Å²) in [4.78, 5) is 0. The molecule has 1 aliphatic rings. The Labute approximate surface area is 257 Å². The Morgan fingerprint density at radius 3 is 1.64 bits per heavy atom. The van der Waals surface area contributed by atoms with Crippen molar-refractivity contribution in [2.24, 2.45) is 0 Å². The summed E-state index contributed by atoms with van der Waals surface area (Å²) in [7, 11) is 0. The number of aromatic hydroxyl groups is 5. The monoisotopic (exact) mass is 584 g/mol. The van der Waals surface area contributed by atoms with E-state index >= 15 is 0 Å². The van der Waals surface area contributed by atoms with E-state index in [9.17, 15) is 25.5 Å². The number of hydrogen-bond acceptors (Lipinski definition) is 5. The van der Waals surface area contributed by atoms with Crippen LogP contribution in [0, 0.1) is 0 Å². The van der Waals surface area contributed by atoms with Crippen LogP contribution in [0.3, 0.4) is 0 Å². The smallest absolute Gasteiger partial charge is 0.208 e. The van der Waals surface area contributed by atoms with Crippen LogP contribution in [0.2, 0.25) is 0 Å². The third-order valence-corrected chi connectivity index (χ3v) is 7.97. The highest BCUT2D eigenvalue weighted by Crippen LogP contribution is 2.57. The van der Waals surface area contributed by atoms with Crippen molar-refractivity contribution in [3.05, 3.63) is 126 Å². The third-order valence-electron chi connectivity index (χ3n) is 7.97. The van der Waals surface area contributed by atoms with Gasteiger partial charge in [-0.15, -0.1) is 0 Å². The Bertz CT molecular complexity index is 1880. The summed E-state index contributed by atoms with van der Waals surface area (Å²) >= 11 is 0. The minimum absolute atomic E-state index is 0.173. The maximum atomic E-state index is 10.8. The zero-order valence-electron chi connectivity index (χ0n) is 24.9. The van der Waals surface area contributed by atoms with Crippen LogP contribution in [0.15, 0.2) is 115 Å². The van der Waals surface area contributed by atoms with Crippen molar-refractivity contribution >= 4 is 32.7 Å². The second kappa shape index (κ2) is 12.8. The highest BCUT2D eigenvalue weighted by atomic mass is 16.4. The molecule has 5 N–H and O–H groups in total. The first-order valence-electron chi connectivity index (χ1n) is 14.8. The van der Waals surface area contributed by atoms with Crippen LogP contribution >= 0.6 is 0 Å². The lowest BCUT2D eigenvalue weighted by atomic mass is 9.85. The van der Waals surface area contributed by atoms with Gasteiger partial charge >= 0.3 is 0 Å². The van der Waals surface area contributed by atoms with E-state index in [1.54, 1.807) is 0 Å². The molecule has 0 aromatic heterocycles. The van der Waals surface area contributed by atoms with E-state index < -0.39 is 28.7 Å². The Hall–Kier alpha value is -5.42. The van der Waals surface area contributed by atoms with E-state index in [2.05, 4.69) is 43.0 Å². The summed E-state index contributed by atoms with van der Waals surface area (Å²) in [5.74, 6) is -4.27. The Morgan fingerprint density at radius 2 is 1.11 bits per heavy atom. The van der Waals surface area contributed by atoms with Crippen LogP contribution in [0.4, 0.5) is 0 Å². The molecule has 5 nitrogen and oxygen atoms in total. The highest BCUT2D eigenvalue weighted by molar-refractivity contribution is 6.20. The van der Waals surface area contributed by atoms with Crippen LogP contribution < -0.4 is 0 Å². The van der Waals surface area contributed by atoms with E-state index in [4.69, 9.17) is 0 Å². The number of hydrogen-bond donors (Lipinski definition) is 5. The van der Waals surface area contributed by atoms with E-state index in [-0.39, 0.29) is 5.56 Å². The van der Waals surface area contributed by atoms with Gasteiger partial charge in [0.25, 0.3) is 0 Å². The van der Waals surface area contributed by atoms with Gasteiger partial charge in [0.2, 0.25) is 17.2 Å². The second-order valence-corrected chi connectivity index (χ2v) is 10.5. The minimum atomic E-state index is -0.989. The molecule has 222 valence electrons. The number of allylic oxidation sites excluding steroid dienone is 7. The van der Waals surface area contributed by atoms with Crippen molar-refractivity contribution in [3.63, 3.8) is 0 Å². The molecule has 0 spiro atoms. The van der Waals surface area contributed by atoms with E-state index in [1.807, 2.05) is 80.6 Å². The van der Waals surface area contributed by atoms with Crippen LogP contribution in [0.1, 0.15) is 44.2 Å². The average molecular weight is 585 g/mol. The molecule has 6 rings (SSSR count). The molecule has 0 atom stereocenters. The van der Waals surface area contributed by atoms with Gasteiger partial charge in [-0.3, -0.25) is 0 Å². The molecule has 0 aliphatic heterocycles. The molecule has 5 aromatic rings. The number of phenols is 5.